The molecular formula is C16H18N4O2. The minimum absolute atomic E-state index is 0.0141. The molecule has 1 aromatic carbocycles. The highest BCUT2D eigenvalue weighted by molar-refractivity contribution is 5.94. The minimum atomic E-state index is -0.0141. The third-order valence-electron chi connectivity index (χ3n) is 3.59. The van der Waals surface area contributed by atoms with Crippen molar-refractivity contribution in [3.63, 3.8) is 0 Å². The van der Waals surface area contributed by atoms with Crippen LogP contribution in [0.15, 0.2) is 42.9 Å². The van der Waals surface area contributed by atoms with Gasteiger partial charge in [0, 0.05) is 37.1 Å². The number of amides is 1. The average Bonchev–Trinajstić information content (AvgIpc) is 2.55. The van der Waals surface area contributed by atoms with E-state index in [1.807, 2.05) is 0 Å². The Hall–Kier alpha value is -2.47. The number of hydrogen-bond donors (Lipinski definition) is 1. The molecule has 0 aliphatic carbocycles. The fourth-order valence-corrected chi connectivity index (χ4v) is 2.53. The Labute approximate surface area is 128 Å². The molecule has 2 aromatic rings. The Balaban J connectivity index is 1.74. The Bertz CT molecular complexity index is 648. The molecule has 114 valence electrons. The van der Waals surface area contributed by atoms with Crippen molar-refractivity contribution in [2.24, 2.45) is 5.73 Å². The van der Waals surface area contributed by atoms with Crippen LogP contribution in [0.2, 0.25) is 0 Å². The average molecular weight is 298 g/mol. The molecule has 1 aliphatic rings. The number of nitrogens with two attached hydrogens (primary N) is 1. The zero-order valence-corrected chi connectivity index (χ0v) is 12.2. The predicted octanol–water partition coefficient (Wildman–Crippen LogP) is 1.83. The lowest BCUT2D eigenvalue weighted by atomic mass is 10.1. The van der Waals surface area contributed by atoms with Gasteiger partial charge in [-0.1, -0.05) is 6.07 Å². The zero-order valence-electron chi connectivity index (χ0n) is 12.2. The van der Waals surface area contributed by atoms with Crippen molar-refractivity contribution in [2.45, 2.75) is 18.9 Å². The number of benzene rings is 1. The van der Waals surface area contributed by atoms with E-state index >= 15 is 0 Å². The largest absolute Gasteiger partial charge is 0.437 e. The first-order valence-corrected chi connectivity index (χ1v) is 7.31. The van der Waals surface area contributed by atoms with Crippen LogP contribution in [0.3, 0.4) is 0 Å². The van der Waals surface area contributed by atoms with E-state index in [1.165, 1.54) is 6.20 Å². The van der Waals surface area contributed by atoms with Crippen molar-refractivity contribution >= 4 is 5.91 Å². The van der Waals surface area contributed by atoms with Crippen LogP contribution >= 0.6 is 0 Å². The summed E-state index contributed by atoms with van der Waals surface area (Å²) in [6.45, 7) is 1.36. The number of ether oxygens (including phenoxy) is 1. The fourth-order valence-electron chi connectivity index (χ4n) is 2.53. The quantitative estimate of drug-likeness (QED) is 0.935. The van der Waals surface area contributed by atoms with Gasteiger partial charge in [0.15, 0.2) is 0 Å². The first-order valence-electron chi connectivity index (χ1n) is 7.31. The molecule has 6 heteroatoms. The van der Waals surface area contributed by atoms with Crippen LogP contribution in [-0.4, -0.2) is 39.9 Å². The van der Waals surface area contributed by atoms with Crippen LogP contribution in [0.25, 0.3) is 0 Å². The topological polar surface area (TPSA) is 81.3 Å². The van der Waals surface area contributed by atoms with Gasteiger partial charge in [-0.3, -0.25) is 9.78 Å². The fraction of sp³-hybridized carbons (Fsp3) is 0.312. The van der Waals surface area contributed by atoms with E-state index in [0.717, 1.165) is 19.4 Å². The van der Waals surface area contributed by atoms with E-state index in [2.05, 4.69) is 9.97 Å². The molecule has 1 atom stereocenters. The van der Waals surface area contributed by atoms with Gasteiger partial charge in [0.05, 0.1) is 6.20 Å². The number of aromatic nitrogens is 2. The Morgan fingerprint density at radius 3 is 3.05 bits per heavy atom. The SMILES string of the molecule is N[C@@H]1CCCN(C(=O)c2cccc(Oc3cnccn3)c2)C1. The monoisotopic (exact) mass is 298 g/mol. The van der Waals surface area contributed by atoms with Gasteiger partial charge < -0.3 is 15.4 Å². The molecule has 0 saturated carbocycles. The first-order chi connectivity index (χ1) is 10.7. The van der Waals surface area contributed by atoms with Crippen molar-refractivity contribution < 1.29 is 9.53 Å². The third-order valence-corrected chi connectivity index (χ3v) is 3.59. The molecule has 2 N–H and O–H groups in total. The summed E-state index contributed by atoms with van der Waals surface area (Å²) < 4.78 is 5.61. The molecule has 22 heavy (non-hydrogen) atoms. The maximum atomic E-state index is 12.5. The molecule has 1 saturated heterocycles. The number of carbonyl (C=O) groups excluding carboxylic acids is 1. The summed E-state index contributed by atoms with van der Waals surface area (Å²) in [6.07, 6.45) is 6.58. The molecule has 1 aliphatic heterocycles. The summed E-state index contributed by atoms with van der Waals surface area (Å²) in [5, 5.41) is 0. The van der Waals surface area contributed by atoms with E-state index in [0.29, 0.717) is 23.7 Å². The lowest BCUT2D eigenvalue weighted by Gasteiger charge is -2.30. The number of carbonyl (C=O) groups is 1. The molecular weight excluding hydrogens is 280 g/mol. The second kappa shape index (κ2) is 6.53. The van der Waals surface area contributed by atoms with Gasteiger partial charge in [0.25, 0.3) is 5.91 Å². The second-order valence-corrected chi connectivity index (χ2v) is 5.33. The van der Waals surface area contributed by atoms with Crippen LogP contribution in [0, 0.1) is 0 Å². The predicted molar refractivity (Wildman–Crippen MR) is 81.7 cm³/mol. The summed E-state index contributed by atoms with van der Waals surface area (Å²) in [5.41, 5.74) is 6.53. The lowest BCUT2D eigenvalue weighted by Crippen LogP contribution is -2.45. The highest BCUT2D eigenvalue weighted by atomic mass is 16.5. The molecule has 0 unspecified atom stereocenters. The van der Waals surface area contributed by atoms with Gasteiger partial charge in [-0.05, 0) is 31.0 Å². The van der Waals surface area contributed by atoms with Crippen LogP contribution in [0.1, 0.15) is 23.2 Å². The second-order valence-electron chi connectivity index (χ2n) is 5.33. The smallest absolute Gasteiger partial charge is 0.254 e. The Morgan fingerprint density at radius 1 is 1.36 bits per heavy atom. The Morgan fingerprint density at radius 2 is 2.27 bits per heavy atom. The van der Waals surface area contributed by atoms with Crippen molar-refractivity contribution in [2.75, 3.05) is 13.1 Å². The van der Waals surface area contributed by atoms with Crippen LogP contribution < -0.4 is 10.5 Å². The van der Waals surface area contributed by atoms with Crippen LogP contribution in [-0.2, 0) is 0 Å². The number of piperidine rings is 1. The lowest BCUT2D eigenvalue weighted by molar-refractivity contribution is 0.0708. The molecule has 0 bridgehead atoms. The summed E-state index contributed by atoms with van der Waals surface area (Å²) in [5.74, 6) is 0.944. The van der Waals surface area contributed by atoms with Crippen molar-refractivity contribution in [1.29, 1.82) is 0 Å². The summed E-state index contributed by atoms with van der Waals surface area (Å²) in [6, 6.07) is 7.15. The van der Waals surface area contributed by atoms with E-state index in [-0.39, 0.29) is 11.9 Å². The van der Waals surface area contributed by atoms with Gasteiger partial charge in [0.1, 0.15) is 5.75 Å². The van der Waals surface area contributed by atoms with E-state index in [1.54, 1.807) is 41.6 Å². The molecule has 1 fully saturated rings. The van der Waals surface area contributed by atoms with Crippen molar-refractivity contribution in [1.82, 2.24) is 14.9 Å². The zero-order chi connectivity index (χ0) is 15.4. The highest BCUT2D eigenvalue weighted by Crippen LogP contribution is 2.21. The van der Waals surface area contributed by atoms with E-state index < -0.39 is 0 Å². The van der Waals surface area contributed by atoms with Gasteiger partial charge in [0.2, 0.25) is 5.88 Å². The maximum absolute atomic E-state index is 12.5. The summed E-state index contributed by atoms with van der Waals surface area (Å²) in [7, 11) is 0. The van der Waals surface area contributed by atoms with E-state index in [4.69, 9.17) is 10.5 Å². The Kier molecular flexibility index (Phi) is 4.29. The number of hydrogen-bond acceptors (Lipinski definition) is 5. The molecule has 0 spiro atoms. The highest BCUT2D eigenvalue weighted by Gasteiger charge is 2.22. The first kappa shape index (κ1) is 14.5. The maximum Gasteiger partial charge on any atom is 0.254 e. The molecule has 1 aromatic heterocycles. The number of rotatable bonds is 3. The normalized spacial score (nSPS) is 18.0. The van der Waals surface area contributed by atoms with Crippen LogP contribution in [0.4, 0.5) is 0 Å². The van der Waals surface area contributed by atoms with Gasteiger partial charge in [-0.25, -0.2) is 4.98 Å². The number of likely N-dealkylation sites (tertiary alicyclic amines) is 1. The third kappa shape index (κ3) is 3.40. The van der Waals surface area contributed by atoms with Gasteiger partial charge in [-0.2, -0.15) is 0 Å². The molecule has 3 rings (SSSR count). The molecule has 1 amide bonds. The van der Waals surface area contributed by atoms with Crippen LogP contribution in [0.5, 0.6) is 11.6 Å². The van der Waals surface area contributed by atoms with Gasteiger partial charge >= 0.3 is 0 Å². The minimum Gasteiger partial charge on any atom is -0.437 e. The molecule has 0 radical (unpaired) electrons. The summed E-state index contributed by atoms with van der Waals surface area (Å²) in [4.78, 5) is 22.3. The standard InChI is InChI=1S/C16H18N4O2/c17-13-4-2-8-20(11-13)16(21)12-3-1-5-14(9-12)22-15-10-18-6-7-19-15/h1,3,5-7,9-10,13H,2,4,8,11,17H2/t13-/m1/s1. The van der Waals surface area contributed by atoms with Crippen molar-refractivity contribution in [3.05, 3.63) is 48.4 Å². The number of nitrogens with zero attached hydrogens (tertiary/aromatic N) is 3. The van der Waals surface area contributed by atoms with Crippen molar-refractivity contribution in [3.8, 4) is 11.6 Å². The summed E-state index contributed by atoms with van der Waals surface area (Å²) >= 11 is 0. The molecule has 2 heterocycles. The van der Waals surface area contributed by atoms with Gasteiger partial charge in [-0.15, -0.1) is 0 Å². The van der Waals surface area contributed by atoms with E-state index in [9.17, 15) is 4.79 Å². The molecule has 6 nitrogen and oxygen atoms in total.